The zero-order chi connectivity index (χ0) is 22.7. The lowest BCUT2D eigenvalue weighted by Gasteiger charge is -2.42. The first-order valence-corrected chi connectivity index (χ1v) is 14.3. The first kappa shape index (κ1) is 23.5. The SMILES string of the molecule is CS(=O)(=O)CCC(CCS(C)(=O)=O)(Cc1ccccc1)C1COc2ccccc2C1=O. The van der Waals surface area contributed by atoms with Crippen molar-refractivity contribution in [2.24, 2.45) is 11.3 Å². The van der Waals surface area contributed by atoms with Gasteiger partial charge in [0.2, 0.25) is 0 Å². The number of hydrogen-bond acceptors (Lipinski definition) is 6. The molecule has 2 aromatic rings. The summed E-state index contributed by atoms with van der Waals surface area (Å²) in [5.74, 6) is -0.529. The molecule has 1 atom stereocenters. The summed E-state index contributed by atoms with van der Waals surface area (Å²) in [5.41, 5.74) is 0.504. The van der Waals surface area contributed by atoms with Gasteiger partial charge in [-0.2, -0.15) is 0 Å². The minimum Gasteiger partial charge on any atom is -0.492 e. The molecule has 0 saturated carbocycles. The smallest absolute Gasteiger partial charge is 0.173 e. The monoisotopic (exact) mass is 464 g/mol. The molecular weight excluding hydrogens is 436 g/mol. The minimum absolute atomic E-state index is 0.0935. The summed E-state index contributed by atoms with van der Waals surface area (Å²) in [4.78, 5) is 13.5. The summed E-state index contributed by atoms with van der Waals surface area (Å²) in [6, 6.07) is 16.4. The highest BCUT2D eigenvalue weighted by atomic mass is 32.2. The molecule has 0 aliphatic carbocycles. The number of sulfone groups is 2. The summed E-state index contributed by atoms with van der Waals surface area (Å²) >= 11 is 0. The van der Waals surface area contributed by atoms with E-state index < -0.39 is 31.0 Å². The van der Waals surface area contributed by atoms with Gasteiger partial charge in [0.1, 0.15) is 25.4 Å². The van der Waals surface area contributed by atoms with Crippen molar-refractivity contribution < 1.29 is 26.4 Å². The summed E-state index contributed by atoms with van der Waals surface area (Å²) in [7, 11) is -6.64. The highest BCUT2D eigenvalue weighted by molar-refractivity contribution is 7.90. The Bertz CT molecular complexity index is 1100. The summed E-state index contributed by atoms with van der Waals surface area (Å²) in [6.45, 7) is 0.0935. The predicted octanol–water partition coefficient (Wildman–Crippen LogP) is 2.98. The highest BCUT2D eigenvalue weighted by Gasteiger charge is 2.46. The van der Waals surface area contributed by atoms with Crippen molar-refractivity contribution in [3.05, 3.63) is 65.7 Å². The largest absolute Gasteiger partial charge is 0.492 e. The van der Waals surface area contributed by atoms with Crippen LogP contribution in [0.1, 0.15) is 28.8 Å². The van der Waals surface area contributed by atoms with Gasteiger partial charge in [-0.3, -0.25) is 4.79 Å². The molecule has 0 saturated heterocycles. The Kier molecular flexibility index (Phi) is 6.91. The topological polar surface area (TPSA) is 94.6 Å². The van der Waals surface area contributed by atoms with E-state index >= 15 is 0 Å². The standard InChI is InChI=1S/C23H28O6S2/c1-30(25,26)14-12-23(13-15-31(2,27)28,16-18-8-4-3-5-9-18)20-17-29-21-11-7-6-10-19(21)22(20)24/h3-11,20H,12-17H2,1-2H3. The van der Waals surface area contributed by atoms with Crippen molar-refractivity contribution in [3.8, 4) is 5.75 Å². The number of rotatable bonds is 9. The van der Waals surface area contributed by atoms with Crippen molar-refractivity contribution >= 4 is 25.5 Å². The molecule has 0 fully saturated rings. The third kappa shape index (κ3) is 6.17. The van der Waals surface area contributed by atoms with Crippen LogP contribution in [-0.2, 0) is 26.1 Å². The quantitative estimate of drug-likeness (QED) is 0.566. The summed E-state index contributed by atoms with van der Waals surface area (Å²) in [6.07, 6.45) is 3.06. The van der Waals surface area contributed by atoms with E-state index in [0.717, 1.165) is 18.1 Å². The molecule has 1 aliphatic heterocycles. The van der Waals surface area contributed by atoms with Gasteiger partial charge in [-0.15, -0.1) is 0 Å². The summed E-state index contributed by atoms with van der Waals surface area (Å²) in [5, 5.41) is 0. The molecule has 6 nitrogen and oxygen atoms in total. The van der Waals surface area contributed by atoms with Crippen LogP contribution in [0.15, 0.2) is 54.6 Å². The van der Waals surface area contributed by atoms with E-state index in [-0.39, 0.29) is 36.7 Å². The van der Waals surface area contributed by atoms with Crippen LogP contribution in [-0.4, -0.2) is 53.2 Å². The fraction of sp³-hybridized carbons (Fsp3) is 0.435. The average Bonchev–Trinajstić information content (AvgIpc) is 2.70. The van der Waals surface area contributed by atoms with Gasteiger partial charge in [0.05, 0.1) is 29.6 Å². The van der Waals surface area contributed by atoms with Gasteiger partial charge < -0.3 is 4.74 Å². The Hall–Kier alpha value is -2.19. The highest BCUT2D eigenvalue weighted by Crippen LogP contribution is 2.44. The molecule has 0 radical (unpaired) electrons. The predicted molar refractivity (Wildman–Crippen MR) is 121 cm³/mol. The molecule has 0 spiro atoms. The number of fused-ring (bicyclic) bond motifs is 1. The number of ether oxygens (including phenoxy) is 1. The van der Waals surface area contributed by atoms with Crippen LogP contribution in [0, 0.1) is 11.3 Å². The molecule has 2 aromatic carbocycles. The van der Waals surface area contributed by atoms with Crippen molar-refractivity contribution in [2.45, 2.75) is 19.3 Å². The van der Waals surface area contributed by atoms with Gasteiger partial charge in [0.25, 0.3) is 0 Å². The average molecular weight is 465 g/mol. The van der Waals surface area contributed by atoms with Crippen LogP contribution in [0.25, 0.3) is 0 Å². The van der Waals surface area contributed by atoms with Gasteiger partial charge >= 0.3 is 0 Å². The van der Waals surface area contributed by atoms with Crippen LogP contribution in [0.4, 0.5) is 0 Å². The third-order valence-electron chi connectivity index (χ3n) is 5.95. The second kappa shape index (κ2) is 9.12. The van der Waals surface area contributed by atoms with Gasteiger partial charge in [-0.1, -0.05) is 42.5 Å². The number of hydrogen-bond donors (Lipinski definition) is 0. The number of ketones is 1. The molecule has 1 heterocycles. The molecule has 0 aromatic heterocycles. The molecule has 1 unspecified atom stereocenters. The van der Waals surface area contributed by atoms with Crippen LogP contribution < -0.4 is 4.74 Å². The second-order valence-corrected chi connectivity index (χ2v) is 13.0. The zero-order valence-corrected chi connectivity index (χ0v) is 19.4. The number of carbonyl (C=O) groups excluding carboxylic acids is 1. The molecule has 31 heavy (non-hydrogen) atoms. The maximum absolute atomic E-state index is 13.5. The Morgan fingerprint density at radius 3 is 2.00 bits per heavy atom. The Balaban J connectivity index is 2.08. The van der Waals surface area contributed by atoms with Gasteiger partial charge in [0, 0.05) is 12.5 Å². The molecule has 8 heteroatoms. The lowest BCUT2D eigenvalue weighted by atomic mass is 9.65. The molecule has 168 valence electrons. The third-order valence-corrected chi connectivity index (χ3v) is 7.85. The lowest BCUT2D eigenvalue weighted by molar-refractivity contribution is 0.0503. The molecule has 3 rings (SSSR count). The van der Waals surface area contributed by atoms with Crippen LogP contribution in [0.2, 0.25) is 0 Å². The molecule has 0 amide bonds. The molecular formula is C23H28O6S2. The lowest BCUT2D eigenvalue weighted by Crippen LogP contribution is -2.45. The molecule has 1 aliphatic rings. The van der Waals surface area contributed by atoms with E-state index in [1.807, 2.05) is 30.3 Å². The second-order valence-electron chi connectivity index (χ2n) is 8.51. The normalized spacial score (nSPS) is 17.1. The maximum Gasteiger partial charge on any atom is 0.173 e. The fourth-order valence-electron chi connectivity index (χ4n) is 4.24. The zero-order valence-electron chi connectivity index (χ0n) is 17.8. The van der Waals surface area contributed by atoms with E-state index in [1.54, 1.807) is 24.3 Å². The first-order valence-electron chi connectivity index (χ1n) is 10.1. The van der Waals surface area contributed by atoms with Gasteiger partial charge in [0.15, 0.2) is 5.78 Å². The number of carbonyl (C=O) groups is 1. The molecule has 0 N–H and O–H groups in total. The minimum atomic E-state index is -3.32. The van der Waals surface area contributed by atoms with Crippen molar-refractivity contribution in [3.63, 3.8) is 0 Å². The fourth-order valence-corrected chi connectivity index (χ4v) is 5.80. The van der Waals surface area contributed by atoms with Crippen LogP contribution in [0.5, 0.6) is 5.75 Å². The van der Waals surface area contributed by atoms with E-state index in [4.69, 9.17) is 4.74 Å². The number of benzene rings is 2. The van der Waals surface area contributed by atoms with Gasteiger partial charge in [-0.25, -0.2) is 16.8 Å². The van der Waals surface area contributed by atoms with E-state index in [0.29, 0.717) is 17.7 Å². The summed E-state index contributed by atoms with van der Waals surface area (Å²) < 4.78 is 54.1. The Morgan fingerprint density at radius 2 is 1.42 bits per heavy atom. The van der Waals surface area contributed by atoms with Crippen molar-refractivity contribution in [2.75, 3.05) is 30.6 Å². The van der Waals surface area contributed by atoms with Gasteiger partial charge in [-0.05, 0) is 42.4 Å². The Morgan fingerprint density at radius 1 is 0.871 bits per heavy atom. The van der Waals surface area contributed by atoms with E-state index in [2.05, 4.69) is 0 Å². The first-order chi connectivity index (χ1) is 14.5. The molecule has 0 bridgehead atoms. The van der Waals surface area contributed by atoms with E-state index in [9.17, 15) is 21.6 Å². The van der Waals surface area contributed by atoms with Crippen LogP contribution in [0.3, 0.4) is 0 Å². The maximum atomic E-state index is 13.5. The van der Waals surface area contributed by atoms with Crippen LogP contribution >= 0.6 is 0 Å². The number of para-hydroxylation sites is 1. The van der Waals surface area contributed by atoms with Crippen molar-refractivity contribution in [1.82, 2.24) is 0 Å². The van der Waals surface area contributed by atoms with E-state index in [1.165, 1.54) is 0 Å². The Labute approximate surface area is 184 Å². The van der Waals surface area contributed by atoms with Crippen molar-refractivity contribution in [1.29, 1.82) is 0 Å². The number of Topliss-reactive ketones (excluding diaryl/α,β-unsaturated/α-hetero) is 1.